The number of ether oxygens (including phenoxy) is 2. The van der Waals surface area contributed by atoms with Crippen molar-refractivity contribution in [1.82, 2.24) is 14.5 Å². The van der Waals surface area contributed by atoms with Crippen LogP contribution >= 0.6 is 0 Å². The van der Waals surface area contributed by atoms with E-state index in [0.29, 0.717) is 19.8 Å². The minimum absolute atomic E-state index is 0.614. The first kappa shape index (κ1) is 21.5. The molecule has 1 aliphatic heterocycles. The van der Waals surface area contributed by atoms with Gasteiger partial charge in [-0.15, -0.1) is 0 Å². The molecular weight excluding hydrogens is 388 g/mol. The molecule has 166 valence electrons. The molecule has 0 aliphatic carbocycles. The van der Waals surface area contributed by atoms with Crippen molar-refractivity contribution >= 4 is 17.0 Å². The zero-order valence-corrected chi connectivity index (χ0v) is 18.8. The van der Waals surface area contributed by atoms with Crippen LogP contribution < -0.4 is 14.8 Å². The SMILES string of the molecule is CCOc1ccc(CNc2nc3ccccc3n2CCN2CCCCC2)cc1OCC. The molecule has 1 aliphatic rings. The maximum Gasteiger partial charge on any atom is 0.204 e. The van der Waals surface area contributed by atoms with Crippen molar-refractivity contribution in [3.8, 4) is 11.5 Å². The van der Waals surface area contributed by atoms with Crippen molar-refractivity contribution in [2.24, 2.45) is 0 Å². The lowest BCUT2D eigenvalue weighted by molar-refractivity contribution is 0.222. The van der Waals surface area contributed by atoms with E-state index >= 15 is 0 Å². The van der Waals surface area contributed by atoms with E-state index in [1.165, 1.54) is 37.9 Å². The molecule has 0 spiro atoms. The van der Waals surface area contributed by atoms with E-state index < -0.39 is 0 Å². The molecule has 0 amide bonds. The van der Waals surface area contributed by atoms with Gasteiger partial charge in [0.2, 0.25) is 5.95 Å². The molecule has 6 heteroatoms. The lowest BCUT2D eigenvalue weighted by Crippen LogP contribution is -2.32. The molecule has 4 rings (SSSR count). The first-order valence-electron chi connectivity index (χ1n) is 11.6. The van der Waals surface area contributed by atoms with Gasteiger partial charge in [-0.2, -0.15) is 0 Å². The summed E-state index contributed by atoms with van der Waals surface area (Å²) < 4.78 is 13.8. The van der Waals surface area contributed by atoms with Crippen LogP contribution in [0.25, 0.3) is 11.0 Å². The monoisotopic (exact) mass is 422 g/mol. The van der Waals surface area contributed by atoms with Gasteiger partial charge in [-0.1, -0.05) is 24.6 Å². The molecule has 3 aromatic rings. The van der Waals surface area contributed by atoms with Crippen molar-refractivity contribution in [3.63, 3.8) is 0 Å². The molecule has 1 saturated heterocycles. The predicted molar refractivity (Wildman–Crippen MR) is 126 cm³/mol. The van der Waals surface area contributed by atoms with Crippen LogP contribution in [0.2, 0.25) is 0 Å². The van der Waals surface area contributed by atoms with Gasteiger partial charge in [0, 0.05) is 19.6 Å². The molecule has 31 heavy (non-hydrogen) atoms. The van der Waals surface area contributed by atoms with Gasteiger partial charge in [-0.05, 0) is 69.6 Å². The molecule has 1 N–H and O–H groups in total. The number of nitrogens with zero attached hydrogens (tertiary/aromatic N) is 3. The number of benzene rings is 2. The zero-order chi connectivity index (χ0) is 21.5. The minimum atomic E-state index is 0.614. The van der Waals surface area contributed by atoms with Crippen LogP contribution in [-0.4, -0.2) is 47.3 Å². The number of likely N-dealkylation sites (tertiary alicyclic amines) is 1. The number of nitrogens with one attached hydrogen (secondary N) is 1. The van der Waals surface area contributed by atoms with E-state index in [4.69, 9.17) is 14.5 Å². The zero-order valence-electron chi connectivity index (χ0n) is 18.8. The second-order valence-corrected chi connectivity index (χ2v) is 7.98. The quantitative estimate of drug-likeness (QED) is 0.502. The van der Waals surface area contributed by atoms with Gasteiger partial charge in [0.15, 0.2) is 11.5 Å². The molecule has 2 heterocycles. The summed E-state index contributed by atoms with van der Waals surface area (Å²) in [5.41, 5.74) is 3.36. The highest BCUT2D eigenvalue weighted by molar-refractivity contribution is 5.78. The third kappa shape index (κ3) is 5.31. The Kier molecular flexibility index (Phi) is 7.30. The summed E-state index contributed by atoms with van der Waals surface area (Å²) in [5.74, 6) is 2.51. The number of imidazole rings is 1. The topological polar surface area (TPSA) is 51.5 Å². The number of para-hydroxylation sites is 2. The number of hydrogen-bond acceptors (Lipinski definition) is 5. The summed E-state index contributed by atoms with van der Waals surface area (Å²) in [7, 11) is 0. The predicted octanol–water partition coefficient (Wildman–Crippen LogP) is 4.93. The third-order valence-corrected chi connectivity index (χ3v) is 5.80. The molecule has 0 bridgehead atoms. The van der Waals surface area contributed by atoms with Crippen LogP contribution in [-0.2, 0) is 13.1 Å². The highest BCUT2D eigenvalue weighted by Gasteiger charge is 2.14. The van der Waals surface area contributed by atoms with Crippen LogP contribution in [0.3, 0.4) is 0 Å². The average Bonchev–Trinajstić information content (AvgIpc) is 3.16. The largest absolute Gasteiger partial charge is 0.490 e. The molecule has 1 fully saturated rings. The summed E-state index contributed by atoms with van der Waals surface area (Å²) >= 11 is 0. The van der Waals surface area contributed by atoms with Gasteiger partial charge in [-0.3, -0.25) is 0 Å². The van der Waals surface area contributed by atoms with Gasteiger partial charge >= 0.3 is 0 Å². The van der Waals surface area contributed by atoms with E-state index in [1.54, 1.807) is 0 Å². The fourth-order valence-electron chi connectivity index (χ4n) is 4.25. The summed E-state index contributed by atoms with van der Waals surface area (Å²) in [6, 6.07) is 14.5. The van der Waals surface area contributed by atoms with Gasteiger partial charge < -0.3 is 24.3 Å². The van der Waals surface area contributed by atoms with Crippen LogP contribution in [0.15, 0.2) is 42.5 Å². The molecule has 0 atom stereocenters. The number of piperidine rings is 1. The molecule has 0 saturated carbocycles. The Labute approximate surface area is 185 Å². The van der Waals surface area contributed by atoms with Crippen LogP contribution in [0.4, 0.5) is 5.95 Å². The van der Waals surface area contributed by atoms with Crippen LogP contribution in [0.5, 0.6) is 11.5 Å². The summed E-state index contributed by atoms with van der Waals surface area (Å²) in [5, 5.41) is 3.56. The Balaban J connectivity index is 1.50. The Morgan fingerprint density at radius 3 is 2.48 bits per heavy atom. The van der Waals surface area contributed by atoms with Gasteiger partial charge in [0.25, 0.3) is 0 Å². The normalized spacial score (nSPS) is 14.6. The highest BCUT2D eigenvalue weighted by Crippen LogP contribution is 2.29. The van der Waals surface area contributed by atoms with E-state index in [2.05, 4.69) is 51.2 Å². The number of anilines is 1. The average molecular weight is 423 g/mol. The second-order valence-electron chi connectivity index (χ2n) is 7.98. The van der Waals surface area contributed by atoms with Crippen LogP contribution in [0.1, 0.15) is 38.7 Å². The van der Waals surface area contributed by atoms with Crippen molar-refractivity contribution in [1.29, 1.82) is 0 Å². The number of fused-ring (bicyclic) bond motifs is 1. The van der Waals surface area contributed by atoms with E-state index in [1.807, 2.05) is 19.9 Å². The maximum absolute atomic E-state index is 5.78. The van der Waals surface area contributed by atoms with E-state index in [0.717, 1.165) is 41.6 Å². The van der Waals surface area contributed by atoms with E-state index in [9.17, 15) is 0 Å². The molecule has 2 aromatic carbocycles. The number of aromatic nitrogens is 2. The highest BCUT2D eigenvalue weighted by atomic mass is 16.5. The fourth-order valence-corrected chi connectivity index (χ4v) is 4.25. The van der Waals surface area contributed by atoms with E-state index in [-0.39, 0.29) is 0 Å². The standard InChI is InChI=1S/C25H34N4O2/c1-3-30-23-13-12-20(18-24(23)31-4-2)19-26-25-27-21-10-6-7-11-22(21)29(25)17-16-28-14-8-5-9-15-28/h6-7,10-13,18H,3-5,8-9,14-17,19H2,1-2H3,(H,26,27). The second kappa shape index (κ2) is 10.5. The molecule has 1 aromatic heterocycles. The molecule has 0 radical (unpaired) electrons. The molecular formula is C25H34N4O2. The summed E-state index contributed by atoms with van der Waals surface area (Å²) in [6.07, 6.45) is 3.99. The van der Waals surface area contributed by atoms with Crippen LogP contribution in [0, 0.1) is 0 Å². The lowest BCUT2D eigenvalue weighted by atomic mass is 10.1. The van der Waals surface area contributed by atoms with Crippen molar-refractivity contribution in [2.45, 2.75) is 46.2 Å². The summed E-state index contributed by atoms with van der Waals surface area (Å²) in [4.78, 5) is 7.45. The minimum Gasteiger partial charge on any atom is -0.490 e. The van der Waals surface area contributed by atoms with Gasteiger partial charge in [0.05, 0.1) is 24.2 Å². The van der Waals surface area contributed by atoms with Crippen molar-refractivity contribution in [2.75, 3.05) is 38.2 Å². The van der Waals surface area contributed by atoms with Crippen molar-refractivity contribution < 1.29 is 9.47 Å². The van der Waals surface area contributed by atoms with Gasteiger partial charge in [-0.25, -0.2) is 4.98 Å². The first-order valence-corrected chi connectivity index (χ1v) is 11.6. The Bertz CT molecular complexity index is 979. The Morgan fingerprint density at radius 1 is 0.903 bits per heavy atom. The summed E-state index contributed by atoms with van der Waals surface area (Å²) in [6.45, 7) is 10.3. The molecule has 0 unspecified atom stereocenters. The number of hydrogen-bond donors (Lipinski definition) is 1. The third-order valence-electron chi connectivity index (χ3n) is 5.80. The van der Waals surface area contributed by atoms with Crippen molar-refractivity contribution in [3.05, 3.63) is 48.0 Å². The van der Waals surface area contributed by atoms with Gasteiger partial charge in [0.1, 0.15) is 0 Å². The smallest absolute Gasteiger partial charge is 0.204 e. The Hall–Kier alpha value is -2.73. The maximum atomic E-state index is 5.78. The molecule has 6 nitrogen and oxygen atoms in total. The lowest BCUT2D eigenvalue weighted by Gasteiger charge is -2.26. The number of rotatable bonds is 10. The fraction of sp³-hybridized carbons (Fsp3) is 0.480. The first-order chi connectivity index (χ1) is 15.3. The Morgan fingerprint density at radius 2 is 1.68 bits per heavy atom.